The molecule has 0 N–H and O–H groups in total. The van der Waals surface area contributed by atoms with E-state index in [0.717, 1.165) is 51.5 Å². The summed E-state index contributed by atoms with van der Waals surface area (Å²) in [6.45, 7) is 6.16. The van der Waals surface area contributed by atoms with E-state index in [4.69, 9.17) is 0 Å². The van der Waals surface area contributed by atoms with Crippen LogP contribution in [0, 0.1) is 0 Å². The molecule has 0 saturated carbocycles. The van der Waals surface area contributed by atoms with Crippen LogP contribution >= 0.6 is 0 Å². The number of fused-ring (bicyclic) bond motifs is 2. The number of hydrogen-bond donors (Lipinski definition) is 0. The van der Waals surface area contributed by atoms with Crippen LogP contribution in [0.15, 0.2) is 48.8 Å². The van der Waals surface area contributed by atoms with Crippen LogP contribution in [-0.4, -0.2) is 54.6 Å². The average molecular weight is 359 g/mol. The van der Waals surface area contributed by atoms with E-state index in [1.807, 2.05) is 0 Å². The van der Waals surface area contributed by atoms with Crippen molar-refractivity contribution in [1.29, 1.82) is 0 Å². The van der Waals surface area contributed by atoms with Gasteiger partial charge in [0, 0.05) is 49.4 Å². The van der Waals surface area contributed by atoms with Gasteiger partial charge in [0.15, 0.2) is 0 Å². The van der Waals surface area contributed by atoms with Crippen LogP contribution in [0.2, 0.25) is 0 Å². The maximum absolute atomic E-state index is 4.67. The quantitative estimate of drug-likeness (QED) is 0.703. The summed E-state index contributed by atoms with van der Waals surface area (Å²) in [7, 11) is 2.19. The van der Waals surface area contributed by atoms with E-state index >= 15 is 0 Å². The molecule has 1 saturated heterocycles. The van der Waals surface area contributed by atoms with Crippen molar-refractivity contribution in [3.63, 3.8) is 0 Å². The fraction of sp³-hybridized carbons (Fsp3) is 0.364. The van der Waals surface area contributed by atoms with Gasteiger partial charge in [0.1, 0.15) is 12.1 Å². The van der Waals surface area contributed by atoms with Gasteiger partial charge >= 0.3 is 0 Å². The number of hydrogen-bond acceptors (Lipinski definition) is 5. The first-order valence-corrected chi connectivity index (χ1v) is 9.78. The SMILES string of the molecule is CN1CCN(c2ncnc3c2CCN(c2cccc4ccccc24)C3)CC1. The standard InChI is InChI=1S/C22H25N5/c1-25-11-13-26(14-12-25)22-19-9-10-27(15-20(19)23-16-24-22)21-8-4-6-17-5-2-3-7-18(17)21/h2-8,16H,9-15H2,1H3. The summed E-state index contributed by atoms with van der Waals surface area (Å²) in [5.41, 5.74) is 3.83. The van der Waals surface area contributed by atoms with E-state index in [2.05, 4.69) is 74.2 Å². The highest BCUT2D eigenvalue weighted by Crippen LogP contribution is 2.32. The topological polar surface area (TPSA) is 35.5 Å². The first-order chi connectivity index (χ1) is 13.3. The normalized spacial score (nSPS) is 18.0. The van der Waals surface area contributed by atoms with Crippen LogP contribution in [0.1, 0.15) is 11.3 Å². The van der Waals surface area contributed by atoms with Crippen molar-refractivity contribution >= 4 is 22.3 Å². The van der Waals surface area contributed by atoms with E-state index in [1.54, 1.807) is 6.33 Å². The highest BCUT2D eigenvalue weighted by atomic mass is 15.3. The van der Waals surface area contributed by atoms with Crippen LogP contribution in [0.5, 0.6) is 0 Å². The molecule has 0 bridgehead atoms. The van der Waals surface area contributed by atoms with Gasteiger partial charge in [-0.15, -0.1) is 0 Å². The predicted octanol–water partition coefficient (Wildman–Crippen LogP) is 2.94. The van der Waals surface area contributed by atoms with Gasteiger partial charge in [-0.3, -0.25) is 0 Å². The molecule has 0 spiro atoms. The Balaban J connectivity index is 1.46. The monoisotopic (exact) mass is 359 g/mol. The summed E-state index contributed by atoms with van der Waals surface area (Å²) in [6.07, 6.45) is 2.75. The smallest absolute Gasteiger partial charge is 0.135 e. The number of nitrogens with zero attached hydrogens (tertiary/aromatic N) is 5. The molecule has 2 aliphatic heterocycles. The molecule has 3 aromatic rings. The Morgan fingerprint density at radius 2 is 1.63 bits per heavy atom. The van der Waals surface area contributed by atoms with E-state index in [-0.39, 0.29) is 0 Å². The Kier molecular flexibility index (Phi) is 4.17. The summed E-state index contributed by atoms with van der Waals surface area (Å²) in [4.78, 5) is 16.6. The summed E-state index contributed by atoms with van der Waals surface area (Å²) in [5.74, 6) is 1.16. The van der Waals surface area contributed by atoms with Gasteiger partial charge in [0.25, 0.3) is 0 Å². The zero-order chi connectivity index (χ0) is 18.2. The number of rotatable bonds is 2. The summed E-state index contributed by atoms with van der Waals surface area (Å²) in [6, 6.07) is 15.2. The van der Waals surface area contributed by atoms with Crippen molar-refractivity contribution in [2.75, 3.05) is 49.6 Å². The predicted molar refractivity (Wildman–Crippen MR) is 110 cm³/mol. The second-order valence-electron chi connectivity index (χ2n) is 7.58. The molecule has 2 aromatic carbocycles. The molecule has 0 aliphatic carbocycles. The van der Waals surface area contributed by atoms with E-state index < -0.39 is 0 Å². The second-order valence-corrected chi connectivity index (χ2v) is 7.58. The van der Waals surface area contributed by atoms with Gasteiger partial charge in [-0.1, -0.05) is 36.4 Å². The first kappa shape index (κ1) is 16.5. The van der Waals surface area contributed by atoms with Crippen molar-refractivity contribution in [3.05, 3.63) is 60.0 Å². The molecule has 5 nitrogen and oxygen atoms in total. The van der Waals surface area contributed by atoms with Crippen LogP contribution in [0.25, 0.3) is 10.8 Å². The fourth-order valence-electron chi connectivity index (χ4n) is 4.32. The number of aromatic nitrogens is 2. The second kappa shape index (κ2) is 6.82. The van der Waals surface area contributed by atoms with Gasteiger partial charge in [0.05, 0.1) is 12.2 Å². The van der Waals surface area contributed by atoms with Gasteiger partial charge < -0.3 is 14.7 Å². The zero-order valence-electron chi connectivity index (χ0n) is 15.8. The van der Waals surface area contributed by atoms with Crippen LogP contribution in [0.3, 0.4) is 0 Å². The molecule has 0 atom stereocenters. The molecule has 5 rings (SSSR count). The highest BCUT2D eigenvalue weighted by Gasteiger charge is 2.25. The van der Waals surface area contributed by atoms with Crippen molar-refractivity contribution in [3.8, 4) is 0 Å². The summed E-state index contributed by atoms with van der Waals surface area (Å²) in [5, 5.41) is 2.61. The lowest BCUT2D eigenvalue weighted by Crippen LogP contribution is -2.45. The average Bonchev–Trinajstić information content (AvgIpc) is 2.73. The maximum Gasteiger partial charge on any atom is 0.135 e. The molecule has 0 amide bonds. The van der Waals surface area contributed by atoms with Gasteiger partial charge in [-0.2, -0.15) is 0 Å². The third kappa shape index (κ3) is 3.02. The molecule has 27 heavy (non-hydrogen) atoms. The number of anilines is 2. The largest absolute Gasteiger partial charge is 0.365 e. The maximum atomic E-state index is 4.67. The lowest BCUT2D eigenvalue weighted by molar-refractivity contribution is 0.311. The fourth-order valence-corrected chi connectivity index (χ4v) is 4.32. The Morgan fingerprint density at radius 3 is 2.52 bits per heavy atom. The minimum Gasteiger partial charge on any atom is -0.365 e. The lowest BCUT2D eigenvalue weighted by atomic mass is 10.0. The van der Waals surface area contributed by atoms with Gasteiger partial charge in [-0.25, -0.2) is 9.97 Å². The number of benzene rings is 2. The number of likely N-dealkylation sites (N-methyl/N-ethyl adjacent to an activating group) is 1. The molecule has 0 radical (unpaired) electrons. The van der Waals surface area contributed by atoms with Crippen LogP contribution in [0.4, 0.5) is 11.5 Å². The van der Waals surface area contributed by atoms with E-state index in [1.165, 1.54) is 27.7 Å². The van der Waals surface area contributed by atoms with Gasteiger partial charge in [0.2, 0.25) is 0 Å². The summed E-state index contributed by atoms with van der Waals surface area (Å²) >= 11 is 0. The third-order valence-corrected chi connectivity index (χ3v) is 5.89. The molecule has 0 unspecified atom stereocenters. The number of piperazine rings is 1. The third-order valence-electron chi connectivity index (χ3n) is 5.89. The first-order valence-electron chi connectivity index (χ1n) is 9.78. The molecule has 3 heterocycles. The molecule has 138 valence electrons. The van der Waals surface area contributed by atoms with Crippen molar-refractivity contribution in [2.24, 2.45) is 0 Å². The molecule has 2 aliphatic rings. The zero-order valence-corrected chi connectivity index (χ0v) is 15.8. The van der Waals surface area contributed by atoms with E-state index in [0.29, 0.717) is 0 Å². The Morgan fingerprint density at radius 1 is 0.815 bits per heavy atom. The molecule has 5 heteroatoms. The minimum absolute atomic E-state index is 0.854. The Bertz CT molecular complexity index is 957. The van der Waals surface area contributed by atoms with Gasteiger partial charge in [-0.05, 0) is 24.9 Å². The van der Waals surface area contributed by atoms with Crippen LogP contribution < -0.4 is 9.80 Å². The molecule has 1 fully saturated rings. The molecular weight excluding hydrogens is 334 g/mol. The molecular formula is C22H25N5. The minimum atomic E-state index is 0.854. The van der Waals surface area contributed by atoms with Crippen molar-refractivity contribution in [2.45, 2.75) is 13.0 Å². The van der Waals surface area contributed by atoms with Crippen molar-refractivity contribution < 1.29 is 0 Å². The van der Waals surface area contributed by atoms with Crippen LogP contribution in [-0.2, 0) is 13.0 Å². The van der Waals surface area contributed by atoms with Crippen molar-refractivity contribution in [1.82, 2.24) is 14.9 Å². The van der Waals surface area contributed by atoms with E-state index in [9.17, 15) is 0 Å². The Labute approximate surface area is 160 Å². The summed E-state index contributed by atoms with van der Waals surface area (Å²) < 4.78 is 0. The highest BCUT2D eigenvalue weighted by molar-refractivity contribution is 5.94. The molecule has 1 aromatic heterocycles. The lowest BCUT2D eigenvalue weighted by Gasteiger charge is -2.37. The Hall–Kier alpha value is -2.66.